The summed E-state index contributed by atoms with van der Waals surface area (Å²) >= 11 is 3.32. The van der Waals surface area contributed by atoms with Crippen LogP contribution in [0.2, 0.25) is 0 Å². The van der Waals surface area contributed by atoms with E-state index in [4.69, 9.17) is 0 Å². The molecule has 308 valence electrons. The number of fused-ring (bicyclic) bond motifs is 11. The monoisotopic (exact) mass is 917 g/mol. The number of hydrogen-bond donors (Lipinski definition) is 2. The second kappa shape index (κ2) is 14.6. The van der Waals surface area contributed by atoms with Crippen LogP contribution in [0.3, 0.4) is 0 Å². The van der Waals surface area contributed by atoms with Gasteiger partial charge in [0, 0.05) is 16.1 Å². The summed E-state index contributed by atoms with van der Waals surface area (Å²) in [5, 5.41) is 0.822. The third kappa shape index (κ3) is 6.50. The molecule has 2 saturated heterocycles. The molecule has 4 amide bonds. The number of hydrogen-bond acceptors (Lipinski definition) is 9. The summed E-state index contributed by atoms with van der Waals surface area (Å²) < 4.78 is 57.0. The zero-order chi connectivity index (χ0) is 42.4. The predicted octanol–water partition coefficient (Wildman–Crippen LogP) is 6.91. The fourth-order valence-corrected chi connectivity index (χ4v) is 12.7. The van der Waals surface area contributed by atoms with Crippen molar-refractivity contribution in [2.45, 2.75) is 22.6 Å². The van der Waals surface area contributed by atoms with E-state index in [2.05, 4.69) is 30.4 Å². The Balaban J connectivity index is 0.000000147. The Morgan fingerprint density at radius 3 is 1.38 bits per heavy atom. The molecule has 4 fully saturated rings. The third-order valence-corrected chi connectivity index (χ3v) is 16.2. The van der Waals surface area contributed by atoms with Gasteiger partial charge in [-0.1, -0.05) is 54.6 Å². The van der Waals surface area contributed by atoms with E-state index in [1.807, 2.05) is 36.4 Å². The normalized spacial score (nSPS) is 26.8. The lowest BCUT2D eigenvalue weighted by atomic mass is 9.85. The number of carbonyl (C=O) groups is 4. The maximum atomic E-state index is 13.0. The van der Waals surface area contributed by atoms with E-state index in [1.54, 1.807) is 48.7 Å². The Labute approximate surface area is 359 Å². The standard InChI is InChI=1S/C24H19N3O4S.C21H17BrN2O4S/c28-23-20-15-6-7-16(13-15)21(20)24(29)27(23)17-8-10-18(11-9-17)32(30,31)26-19-5-1-3-14-4-2-12-25-22(14)19;22-16-3-1-2-4-17(16)23-29(27,28)15-9-7-14(8-10-15)24-20(25)18-12-5-6-13(11-12)19(18)21(24)26/h1-12,15-16,20-21,26H,13H2;1-10,12-13,18-19,23H,11H2. The van der Waals surface area contributed by atoms with Gasteiger partial charge in [-0.3, -0.25) is 43.4 Å². The van der Waals surface area contributed by atoms with Crippen LogP contribution in [-0.2, 0) is 39.2 Å². The maximum Gasteiger partial charge on any atom is 0.261 e. The molecular weight excluding hydrogens is 883 g/mol. The molecule has 1 aromatic heterocycles. The number of benzene rings is 4. The largest absolute Gasteiger partial charge is 0.278 e. The number of nitrogens with zero attached hydrogens (tertiary/aromatic N) is 3. The summed E-state index contributed by atoms with van der Waals surface area (Å²) in [5.74, 6) is -1.34. The van der Waals surface area contributed by atoms with Crippen LogP contribution in [0.1, 0.15) is 12.8 Å². The van der Waals surface area contributed by atoms with Gasteiger partial charge < -0.3 is 0 Å². The average Bonchev–Trinajstić information content (AvgIpc) is 4.12. The number of para-hydroxylation sites is 2. The zero-order valence-corrected chi connectivity index (χ0v) is 35.3. The van der Waals surface area contributed by atoms with E-state index < -0.39 is 20.0 Å². The molecule has 0 radical (unpaired) electrons. The molecule has 2 saturated carbocycles. The van der Waals surface area contributed by atoms with Gasteiger partial charge in [-0.25, -0.2) is 16.8 Å². The molecule has 4 aromatic carbocycles. The lowest BCUT2D eigenvalue weighted by Gasteiger charge is -2.18. The van der Waals surface area contributed by atoms with E-state index in [1.165, 1.54) is 58.3 Å². The van der Waals surface area contributed by atoms with Gasteiger partial charge in [0.15, 0.2) is 0 Å². The number of rotatable bonds is 8. The molecule has 2 N–H and O–H groups in total. The number of amides is 4. The molecule has 11 rings (SSSR count). The number of pyridine rings is 1. The molecule has 2 aliphatic heterocycles. The number of anilines is 4. The first kappa shape index (κ1) is 39.2. The molecule has 8 unspecified atom stereocenters. The van der Waals surface area contributed by atoms with Crippen LogP contribution in [0.5, 0.6) is 0 Å². The lowest BCUT2D eigenvalue weighted by molar-refractivity contribution is -0.124. The Morgan fingerprint density at radius 2 is 0.918 bits per heavy atom. The van der Waals surface area contributed by atoms with Crippen molar-refractivity contribution in [2.24, 2.45) is 47.3 Å². The van der Waals surface area contributed by atoms with Crippen molar-refractivity contribution in [2.75, 3.05) is 19.2 Å². The van der Waals surface area contributed by atoms with Crippen molar-refractivity contribution in [1.29, 1.82) is 0 Å². The highest BCUT2D eigenvalue weighted by Crippen LogP contribution is 2.54. The van der Waals surface area contributed by atoms with Crippen molar-refractivity contribution in [3.05, 3.63) is 138 Å². The molecule has 13 nitrogen and oxygen atoms in total. The van der Waals surface area contributed by atoms with E-state index in [9.17, 15) is 36.0 Å². The first-order valence-corrected chi connectivity index (χ1v) is 23.5. The third-order valence-electron chi connectivity index (χ3n) is 12.7. The van der Waals surface area contributed by atoms with Gasteiger partial charge in [-0.15, -0.1) is 0 Å². The predicted molar refractivity (Wildman–Crippen MR) is 231 cm³/mol. The first-order valence-electron chi connectivity index (χ1n) is 19.8. The molecule has 4 aliphatic carbocycles. The number of halogens is 1. The maximum absolute atomic E-state index is 13.0. The van der Waals surface area contributed by atoms with Gasteiger partial charge in [0.2, 0.25) is 23.6 Å². The Kier molecular flexibility index (Phi) is 9.38. The molecular formula is C45H36BrN5O8S2. The van der Waals surface area contributed by atoms with Crippen molar-refractivity contribution in [1.82, 2.24) is 4.98 Å². The van der Waals surface area contributed by atoms with E-state index in [0.29, 0.717) is 32.7 Å². The lowest BCUT2D eigenvalue weighted by Crippen LogP contribution is -2.32. The SMILES string of the molecule is O=C1C2C3C=CC(C3)C2C(=O)N1c1ccc(S(=O)(=O)Nc2cccc3cccnc23)cc1.O=C1C2C3C=CC(C3)C2C(=O)N1c1ccc(S(=O)(=O)Nc2ccccc2Br)cc1. The second-order valence-corrected chi connectivity index (χ2v) is 20.3. The van der Waals surface area contributed by atoms with Crippen molar-refractivity contribution in [3.63, 3.8) is 0 Å². The summed E-state index contributed by atoms with van der Waals surface area (Å²) in [4.78, 5) is 58.5. The fourth-order valence-electron chi connectivity index (χ4n) is 10.0. The molecule has 8 atom stereocenters. The van der Waals surface area contributed by atoms with Gasteiger partial charge in [0.1, 0.15) is 0 Å². The van der Waals surface area contributed by atoms with Gasteiger partial charge in [-0.2, -0.15) is 0 Å². The molecule has 6 aliphatic rings. The average molecular weight is 919 g/mol. The quantitative estimate of drug-likeness (QED) is 0.124. The molecule has 16 heteroatoms. The molecule has 3 heterocycles. The summed E-state index contributed by atoms with van der Waals surface area (Å²) in [6, 6.07) is 27.5. The Hall–Kier alpha value is -5.97. The van der Waals surface area contributed by atoms with E-state index >= 15 is 0 Å². The van der Waals surface area contributed by atoms with Crippen LogP contribution in [0.15, 0.2) is 148 Å². The molecule has 4 bridgehead atoms. The van der Waals surface area contributed by atoms with Gasteiger partial charge in [-0.05, 0) is 125 Å². The highest BCUT2D eigenvalue weighted by atomic mass is 79.9. The summed E-state index contributed by atoms with van der Waals surface area (Å²) in [6.07, 6.45) is 11.5. The number of sulfonamides is 2. The van der Waals surface area contributed by atoms with Crippen molar-refractivity contribution >= 4 is 93.3 Å². The van der Waals surface area contributed by atoms with Crippen LogP contribution >= 0.6 is 15.9 Å². The summed E-state index contributed by atoms with van der Waals surface area (Å²) in [5.41, 5.74) is 2.18. The molecule has 0 spiro atoms. The van der Waals surface area contributed by atoms with E-state index in [0.717, 1.165) is 18.2 Å². The van der Waals surface area contributed by atoms with Crippen molar-refractivity contribution < 1.29 is 36.0 Å². The van der Waals surface area contributed by atoms with Gasteiger partial charge in [0.05, 0.1) is 61.7 Å². The number of imide groups is 2. The molecule has 5 aromatic rings. The topological polar surface area (TPSA) is 180 Å². The summed E-state index contributed by atoms with van der Waals surface area (Å²) in [6.45, 7) is 0. The minimum absolute atomic E-state index is 0.0372. The van der Waals surface area contributed by atoms with Crippen LogP contribution in [-0.4, -0.2) is 45.4 Å². The number of aromatic nitrogens is 1. The van der Waals surface area contributed by atoms with Gasteiger partial charge >= 0.3 is 0 Å². The zero-order valence-electron chi connectivity index (χ0n) is 32.0. The number of carbonyl (C=O) groups excluding carboxylic acids is 4. The highest BCUT2D eigenvalue weighted by molar-refractivity contribution is 9.10. The molecule has 61 heavy (non-hydrogen) atoms. The highest BCUT2D eigenvalue weighted by Gasteiger charge is 2.60. The number of allylic oxidation sites excluding steroid dienone is 4. The minimum atomic E-state index is -3.88. The Bertz CT molecular complexity index is 2910. The number of nitrogens with one attached hydrogen (secondary N) is 2. The smallest absolute Gasteiger partial charge is 0.261 e. The van der Waals surface area contributed by atoms with Crippen LogP contribution < -0.4 is 19.2 Å². The van der Waals surface area contributed by atoms with Crippen LogP contribution in [0.25, 0.3) is 10.9 Å². The summed E-state index contributed by atoms with van der Waals surface area (Å²) in [7, 11) is -7.69. The first-order chi connectivity index (χ1) is 29.3. The van der Waals surface area contributed by atoms with E-state index in [-0.39, 0.29) is 80.8 Å². The Morgan fingerprint density at radius 1 is 0.508 bits per heavy atom. The minimum Gasteiger partial charge on any atom is -0.278 e. The van der Waals surface area contributed by atoms with Crippen molar-refractivity contribution in [3.8, 4) is 0 Å². The second-order valence-electron chi connectivity index (χ2n) is 16.1. The fraction of sp³-hybridized carbons (Fsp3) is 0.222. The van der Waals surface area contributed by atoms with Gasteiger partial charge in [0.25, 0.3) is 20.0 Å². The van der Waals surface area contributed by atoms with Crippen LogP contribution in [0.4, 0.5) is 22.7 Å². The van der Waals surface area contributed by atoms with Crippen LogP contribution in [0, 0.1) is 47.3 Å².